The highest BCUT2D eigenvalue weighted by atomic mass is 32.1. The van der Waals surface area contributed by atoms with Gasteiger partial charge in [-0.3, -0.25) is 4.79 Å². The Bertz CT molecular complexity index is 745. The standard InChI is InChI=1S/C19H22N2O3S/c1-21(2)17-8-6-13(7-9-17)10-15(12-25)18(22)20-16-5-3-4-14(11-16)19(23)24/h3-9,11,15,25H,10,12H2,1-2H3,(H,20,22)(H,23,24). The molecule has 6 heteroatoms. The first-order valence-electron chi connectivity index (χ1n) is 7.92. The Morgan fingerprint density at radius 1 is 1.16 bits per heavy atom. The van der Waals surface area contributed by atoms with Gasteiger partial charge in [-0.2, -0.15) is 12.6 Å². The minimum absolute atomic E-state index is 0.138. The molecule has 2 N–H and O–H groups in total. The van der Waals surface area contributed by atoms with Gasteiger partial charge in [0.25, 0.3) is 0 Å². The number of carboxylic acids is 1. The maximum atomic E-state index is 12.5. The van der Waals surface area contributed by atoms with E-state index in [1.807, 2.05) is 43.3 Å². The van der Waals surface area contributed by atoms with Crippen LogP contribution in [0, 0.1) is 5.92 Å². The number of nitrogens with one attached hydrogen (secondary N) is 1. The molecule has 0 aliphatic heterocycles. The van der Waals surface area contributed by atoms with Gasteiger partial charge in [0.1, 0.15) is 0 Å². The molecule has 2 aromatic rings. The number of thiol groups is 1. The molecule has 0 saturated carbocycles. The highest BCUT2D eigenvalue weighted by Gasteiger charge is 2.18. The third-order valence-corrected chi connectivity index (χ3v) is 4.34. The number of anilines is 2. The van der Waals surface area contributed by atoms with Gasteiger partial charge >= 0.3 is 5.97 Å². The van der Waals surface area contributed by atoms with Gasteiger partial charge in [0.2, 0.25) is 5.91 Å². The number of rotatable bonds is 7. The molecule has 2 rings (SSSR count). The van der Waals surface area contributed by atoms with Crippen LogP contribution < -0.4 is 10.2 Å². The lowest BCUT2D eigenvalue weighted by Gasteiger charge is -2.16. The number of amides is 1. The van der Waals surface area contributed by atoms with Crippen LogP contribution in [0.25, 0.3) is 0 Å². The summed E-state index contributed by atoms with van der Waals surface area (Å²) >= 11 is 4.29. The molecule has 0 heterocycles. The number of benzene rings is 2. The molecule has 1 amide bonds. The van der Waals surface area contributed by atoms with Gasteiger partial charge in [-0.25, -0.2) is 4.79 Å². The average molecular weight is 358 g/mol. The van der Waals surface area contributed by atoms with Crippen molar-refractivity contribution in [2.75, 3.05) is 30.1 Å². The second kappa shape index (κ2) is 8.58. The van der Waals surface area contributed by atoms with Gasteiger partial charge in [0.05, 0.1) is 11.5 Å². The molecule has 0 saturated heterocycles. The second-order valence-electron chi connectivity index (χ2n) is 6.02. The van der Waals surface area contributed by atoms with Gasteiger partial charge in [-0.15, -0.1) is 0 Å². The summed E-state index contributed by atoms with van der Waals surface area (Å²) in [6.45, 7) is 0. The third-order valence-electron chi connectivity index (χ3n) is 3.90. The number of carbonyl (C=O) groups is 2. The van der Waals surface area contributed by atoms with E-state index >= 15 is 0 Å². The summed E-state index contributed by atoms with van der Waals surface area (Å²) in [6.07, 6.45) is 0.571. The average Bonchev–Trinajstić information content (AvgIpc) is 2.60. The van der Waals surface area contributed by atoms with E-state index in [4.69, 9.17) is 5.11 Å². The van der Waals surface area contributed by atoms with Crippen LogP contribution in [-0.2, 0) is 11.2 Å². The molecule has 132 valence electrons. The maximum absolute atomic E-state index is 12.5. The Kier molecular flexibility index (Phi) is 6.47. The molecule has 0 aliphatic carbocycles. The lowest BCUT2D eigenvalue weighted by atomic mass is 9.99. The number of aromatic carboxylic acids is 1. The van der Waals surface area contributed by atoms with Crippen molar-refractivity contribution >= 4 is 35.9 Å². The predicted molar refractivity (Wildman–Crippen MR) is 104 cm³/mol. The molecule has 0 spiro atoms. The fourth-order valence-electron chi connectivity index (χ4n) is 2.43. The topological polar surface area (TPSA) is 69.6 Å². The van der Waals surface area contributed by atoms with E-state index in [0.717, 1.165) is 11.3 Å². The highest BCUT2D eigenvalue weighted by molar-refractivity contribution is 7.80. The van der Waals surface area contributed by atoms with E-state index in [9.17, 15) is 9.59 Å². The first-order valence-corrected chi connectivity index (χ1v) is 8.55. The van der Waals surface area contributed by atoms with E-state index in [1.54, 1.807) is 12.1 Å². The Labute approximate surface area is 153 Å². The van der Waals surface area contributed by atoms with Crippen LogP contribution in [0.1, 0.15) is 15.9 Å². The molecular formula is C19H22N2O3S. The first-order chi connectivity index (χ1) is 11.9. The van der Waals surface area contributed by atoms with Crippen molar-refractivity contribution in [3.63, 3.8) is 0 Å². The number of hydrogen-bond donors (Lipinski definition) is 3. The van der Waals surface area contributed by atoms with E-state index in [0.29, 0.717) is 17.9 Å². The van der Waals surface area contributed by atoms with Crippen LogP contribution >= 0.6 is 12.6 Å². The van der Waals surface area contributed by atoms with E-state index in [2.05, 4.69) is 17.9 Å². The van der Waals surface area contributed by atoms with Crippen LogP contribution in [0.5, 0.6) is 0 Å². The van der Waals surface area contributed by atoms with Crippen molar-refractivity contribution in [1.29, 1.82) is 0 Å². The van der Waals surface area contributed by atoms with Crippen LogP contribution in [-0.4, -0.2) is 36.8 Å². The molecule has 0 fully saturated rings. The van der Waals surface area contributed by atoms with Crippen LogP contribution in [0.3, 0.4) is 0 Å². The zero-order valence-electron chi connectivity index (χ0n) is 14.3. The van der Waals surface area contributed by atoms with E-state index < -0.39 is 5.97 Å². The van der Waals surface area contributed by atoms with Crippen LogP contribution in [0.2, 0.25) is 0 Å². The van der Waals surface area contributed by atoms with Crippen LogP contribution in [0.15, 0.2) is 48.5 Å². The molecule has 0 bridgehead atoms. The molecule has 0 aliphatic rings. The smallest absolute Gasteiger partial charge is 0.335 e. The summed E-state index contributed by atoms with van der Waals surface area (Å²) in [5, 5.41) is 11.8. The third kappa shape index (κ3) is 5.26. The summed E-state index contributed by atoms with van der Waals surface area (Å²) < 4.78 is 0. The molecule has 0 aromatic heterocycles. The lowest BCUT2D eigenvalue weighted by molar-refractivity contribution is -0.119. The van der Waals surface area contributed by atoms with Crippen molar-refractivity contribution in [3.8, 4) is 0 Å². The zero-order valence-corrected chi connectivity index (χ0v) is 15.2. The fraction of sp³-hybridized carbons (Fsp3) is 0.263. The van der Waals surface area contributed by atoms with Crippen molar-refractivity contribution in [3.05, 3.63) is 59.7 Å². The fourth-order valence-corrected chi connectivity index (χ4v) is 2.72. The summed E-state index contributed by atoms with van der Waals surface area (Å²) in [6, 6.07) is 14.2. The van der Waals surface area contributed by atoms with Crippen LogP contribution in [0.4, 0.5) is 11.4 Å². The molecule has 0 radical (unpaired) electrons. The monoisotopic (exact) mass is 358 g/mol. The van der Waals surface area contributed by atoms with Crippen molar-refractivity contribution in [2.24, 2.45) is 5.92 Å². The molecular weight excluding hydrogens is 336 g/mol. The van der Waals surface area contributed by atoms with Gasteiger partial charge in [-0.1, -0.05) is 18.2 Å². The van der Waals surface area contributed by atoms with Crippen molar-refractivity contribution in [1.82, 2.24) is 0 Å². The van der Waals surface area contributed by atoms with Crippen molar-refractivity contribution < 1.29 is 14.7 Å². The predicted octanol–water partition coefficient (Wildman–Crippen LogP) is 3.18. The minimum atomic E-state index is -1.03. The molecule has 1 atom stereocenters. The summed E-state index contributed by atoms with van der Waals surface area (Å²) in [5.41, 5.74) is 2.76. The Morgan fingerprint density at radius 2 is 1.84 bits per heavy atom. The highest BCUT2D eigenvalue weighted by Crippen LogP contribution is 2.18. The normalized spacial score (nSPS) is 11.6. The maximum Gasteiger partial charge on any atom is 0.335 e. The van der Waals surface area contributed by atoms with E-state index in [-0.39, 0.29) is 17.4 Å². The quantitative estimate of drug-likeness (QED) is 0.665. The lowest BCUT2D eigenvalue weighted by Crippen LogP contribution is -2.26. The Balaban J connectivity index is 2.05. The summed E-state index contributed by atoms with van der Waals surface area (Å²) in [7, 11) is 3.95. The largest absolute Gasteiger partial charge is 0.478 e. The Hall–Kier alpha value is -2.47. The Morgan fingerprint density at radius 3 is 2.40 bits per heavy atom. The van der Waals surface area contributed by atoms with Gasteiger partial charge in [-0.05, 0) is 42.3 Å². The first kappa shape index (κ1) is 18.9. The second-order valence-corrected chi connectivity index (χ2v) is 6.38. The van der Waals surface area contributed by atoms with Gasteiger partial charge in [0, 0.05) is 31.2 Å². The number of carbonyl (C=O) groups excluding carboxylic acids is 1. The summed E-state index contributed by atoms with van der Waals surface area (Å²) in [4.78, 5) is 25.5. The number of nitrogens with zero attached hydrogens (tertiary/aromatic N) is 1. The molecule has 25 heavy (non-hydrogen) atoms. The summed E-state index contributed by atoms with van der Waals surface area (Å²) in [5.74, 6) is -1.10. The van der Waals surface area contributed by atoms with Gasteiger partial charge in [0.15, 0.2) is 0 Å². The zero-order chi connectivity index (χ0) is 18.4. The van der Waals surface area contributed by atoms with Gasteiger partial charge < -0.3 is 15.3 Å². The minimum Gasteiger partial charge on any atom is -0.478 e. The molecule has 2 aromatic carbocycles. The number of hydrogen-bond acceptors (Lipinski definition) is 4. The number of carboxylic acid groups (broad SMARTS) is 1. The SMILES string of the molecule is CN(C)c1ccc(CC(CS)C(=O)Nc2cccc(C(=O)O)c2)cc1. The van der Waals surface area contributed by atoms with E-state index in [1.165, 1.54) is 12.1 Å². The van der Waals surface area contributed by atoms with Crippen molar-refractivity contribution in [2.45, 2.75) is 6.42 Å². The molecule has 1 unspecified atom stereocenters. The molecule has 5 nitrogen and oxygen atoms in total.